The van der Waals surface area contributed by atoms with Crippen LogP contribution in [0.25, 0.3) is 0 Å². The minimum atomic E-state index is -1.01. The normalized spacial score (nSPS) is 23.9. The fraction of sp³-hybridized carbons (Fsp3) is 0.565. The lowest BCUT2D eigenvalue weighted by Gasteiger charge is -2.26. The van der Waals surface area contributed by atoms with Crippen LogP contribution in [0.15, 0.2) is 18.2 Å². The molecule has 0 saturated carbocycles. The van der Waals surface area contributed by atoms with Gasteiger partial charge in [0.05, 0.1) is 25.4 Å². The summed E-state index contributed by atoms with van der Waals surface area (Å²) in [5, 5.41) is 4.76. The molecule has 0 bridgehead atoms. The van der Waals surface area contributed by atoms with Crippen molar-refractivity contribution in [2.24, 2.45) is 0 Å². The van der Waals surface area contributed by atoms with E-state index in [1.807, 2.05) is 36.7 Å². The number of hydrogen-bond donors (Lipinski definition) is 0. The zero-order valence-electron chi connectivity index (χ0n) is 17.7. The molecule has 156 valence electrons. The maximum Gasteiger partial charge on any atom is 0.244 e. The summed E-state index contributed by atoms with van der Waals surface area (Å²) in [7, 11) is 1.63. The molecular formula is C23H30FN3O2. The number of ether oxygens (including phenoxy) is 1. The first-order valence-corrected chi connectivity index (χ1v) is 10.5. The Balaban J connectivity index is 1.60. The third-order valence-electron chi connectivity index (χ3n) is 6.65. The standard InChI is InChI=1S/C23H30FN3O2/c1-14-7-5-9-19-16(3)27(25-23(14)19)13-22(28)26-12-17(24)11-20(26)18-8-6-10-21(29-4)15(18)2/h6,8,10,14,17,20H,5,7,9,11-13H2,1-4H3/t14-,17+,20-/m0/s1. The maximum atomic E-state index is 14.4. The molecule has 1 aliphatic carbocycles. The van der Waals surface area contributed by atoms with E-state index in [0.717, 1.165) is 41.1 Å². The number of benzene rings is 1. The van der Waals surface area contributed by atoms with Gasteiger partial charge in [0.15, 0.2) is 0 Å². The third kappa shape index (κ3) is 3.53. The van der Waals surface area contributed by atoms with Gasteiger partial charge in [-0.3, -0.25) is 9.48 Å². The number of halogens is 1. The zero-order valence-corrected chi connectivity index (χ0v) is 17.7. The van der Waals surface area contributed by atoms with Crippen LogP contribution in [0.2, 0.25) is 0 Å². The molecule has 2 aromatic rings. The van der Waals surface area contributed by atoms with Crippen molar-refractivity contribution in [3.05, 3.63) is 46.3 Å². The number of rotatable bonds is 4. The second-order valence-corrected chi connectivity index (χ2v) is 8.47. The summed E-state index contributed by atoms with van der Waals surface area (Å²) in [6, 6.07) is 5.51. The lowest BCUT2D eigenvalue weighted by atomic mass is 9.88. The molecular weight excluding hydrogens is 369 g/mol. The summed E-state index contributed by atoms with van der Waals surface area (Å²) < 4.78 is 21.6. The summed E-state index contributed by atoms with van der Waals surface area (Å²) >= 11 is 0. The first-order chi connectivity index (χ1) is 13.9. The van der Waals surface area contributed by atoms with Gasteiger partial charge in [-0.2, -0.15) is 5.10 Å². The fourth-order valence-corrected chi connectivity index (χ4v) is 4.97. The second-order valence-electron chi connectivity index (χ2n) is 8.47. The van der Waals surface area contributed by atoms with Gasteiger partial charge >= 0.3 is 0 Å². The highest BCUT2D eigenvalue weighted by Gasteiger charge is 2.37. The van der Waals surface area contributed by atoms with Crippen LogP contribution in [0, 0.1) is 13.8 Å². The Morgan fingerprint density at radius 1 is 1.34 bits per heavy atom. The van der Waals surface area contributed by atoms with Crippen LogP contribution in [0.3, 0.4) is 0 Å². The van der Waals surface area contributed by atoms with E-state index in [4.69, 9.17) is 9.84 Å². The Morgan fingerprint density at radius 3 is 2.86 bits per heavy atom. The Morgan fingerprint density at radius 2 is 2.14 bits per heavy atom. The first-order valence-electron chi connectivity index (χ1n) is 10.5. The monoisotopic (exact) mass is 399 g/mol. The second kappa shape index (κ2) is 7.81. The molecule has 6 heteroatoms. The molecule has 1 fully saturated rings. The number of nitrogens with zero attached hydrogens (tertiary/aromatic N) is 3. The Labute approximate surface area is 171 Å². The van der Waals surface area contributed by atoms with Crippen LogP contribution >= 0.6 is 0 Å². The van der Waals surface area contributed by atoms with Crippen molar-refractivity contribution in [1.29, 1.82) is 0 Å². The molecule has 29 heavy (non-hydrogen) atoms. The predicted octanol–water partition coefficient (Wildman–Crippen LogP) is 4.26. The molecule has 2 heterocycles. The fourth-order valence-electron chi connectivity index (χ4n) is 4.97. The first kappa shape index (κ1) is 19.9. The molecule has 0 radical (unpaired) electrons. The molecule has 1 aliphatic heterocycles. The Kier molecular flexibility index (Phi) is 5.36. The van der Waals surface area contributed by atoms with Crippen molar-refractivity contribution >= 4 is 5.91 Å². The molecule has 4 rings (SSSR count). The molecule has 1 aromatic heterocycles. The molecule has 1 amide bonds. The number of likely N-dealkylation sites (tertiary alicyclic amines) is 1. The highest BCUT2D eigenvalue weighted by molar-refractivity contribution is 5.77. The quantitative estimate of drug-likeness (QED) is 0.772. The van der Waals surface area contributed by atoms with Crippen LogP contribution in [0.5, 0.6) is 5.75 Å². The third-order valence-corrected chi connectivity index (χ3v) is 6.65. The van der Waals surface area contributed by atoms with Gasteiger partial charge < -0.3 is 9.64 Å². The summed E-state index contributed by atoms with van der Waals surface area (Å²) in [6.07, 6.45) is 2.65. The van der Waals surface area contributed by atoms with Gasteiger partial charge in [-0.15, -0.1) is 0 Å². The summed E-state index contributed by atoms with van der Waals surface area (Å²) in [4.78, 5) is 14.9. The minimum absolute atomic E-state index is 0.0760. The van der Waals surface area contributed by atoms with Gasteiger partial charge in [-0.1, -0.05) is 19.1 Å². The van der Waals surface area contributed by atoms with Crippen molar-refractivity contribution in [3.63, 3.8) is 0 Å². The number of carbonyl (C=O) groups is 1. The molecule has 1 saturated heterocycles. The minimum Gasteiger partial charge on any atom is -0.496 e. The summed E-state index contributed by atoms with van der Waals surface area (Å²) in [6.45, 7) is 6.51. The zero-order chi connectivity index (χ0) is 20.7. The Hall–Kier alpha value is -2.37. The molecule has 1 aromatic carbocycles. The van der Waals surface area contributed by atoms with E-state index in [2.05, 4.69) is 6.92 Å². The number of fused-ring (bicyclic) bond motifs is 1. The van der Waals surface area contributed by atoms with E-state index < -0.39 is 6.17 Å². The van der Waals surface area contributed by atoms with Crippen molar-refractivity contribution in [3.8, 4) is 5.75 Å². The smallest absolute Gasteiger partial charge is 0.244 e. The maximum absolute atomic E-state index is 14.4. The molecule has 2 aliphatic rings. The van der Waals surface area contributed by atoms with Crippen LogP contribution < -0.4 is 4.74 Å². The van der Waals surface area contributed by atoms with Crippen LogP contribution in [0.1, 0.15) is 66.2 Å². The molecule has 0 unspecified atom stereocenters. The number of methoxy groups -OCH3 is 1. The van der Waals surface area contributed by atoms with E-state index in [0.29, 0.717) is 12.3 Å². The van der Waals surface area contributed by atoms with Gasteiger partial charge in [-0.25, -0.2) is 4.39 Å². The number of aromatic nitrogens is 2. The van der Waals surface area contributed by atoms with Gasteiger partial charge in [0.1, 0.15) is 18.5 Å². The van der Waals surface area contributed by atoms with Crippen LogP contribution in [-0.2, 0) is 17.8 Å². The van der Waals surface area contributed by atoms with Crippen molar-refractivity contribution in [2.75, 3.05) is 13.7 Å². The predicted molar refractivity (Wildman–Crippen MR) is 110 cm³/mol. The van der Waals surface area contributed by atoms with E-state index in [9.17, 15) is 9.18 Å². The average molecular weight is 400 g/mol. The summed E-state index contributed by atoms with van der Waals surface area (Å²) in [5.41, 5.74) is 5.42. The van der Waals surface area contributed by atoms with Crippen molar-refractivity contribution in [2.45, 2.75) is 71.1 Å². The highest BCUT2D eigenvalue weighted by Crippen LogP contribution is 2.38. The van der Waals surface area contributed by atoms with Crippen molar-refractivity contribution in [1.82, 2.24) is 14.7 Å². The Bertz CT molecular complexity index is 923. The number of alkyl halides is 1. The lowest BCUT2D eigenvalue weighted by Crippen LogP contribution is -2.35. The number of carbonyl (C=O) groups excluding carboxylic acids is 1. The molecule has 3 atom stereocenters. The molecule has 0 spiro atoms. The lowest BCUT2D eigenvalue weighted by molar-refractivity contribution is -0.133. The number of hydrogen-bond acceptors (Lipinski definition) is 3. The van der Waals surface area contributed by atoms with Gasteiger partial charge in [0.2, 0.25) is 5.91 Å². The van der Waals surface area contributed by atoms with E-state index in [-0.39, 0.29) is 25.0 Å². The van der Waals surface area contributed by atoms with Gasteiger partial charge in [0.25, 0.3) is 0 Å². The largest absolute Gasteiger partial charge is 0.496 e. The van der Waals surface area contributed by atoms with E-state index in [1.165, 1.54) is 12.0 Å². The molecule has 0 N–H and O–H groups in total. The SMILES string of the molecule is COc1cccc([C@@H]2C[C@@H](F)CN2C(=O)Cn2nc3c(c2C)CCC[C@@H]3C)c1C. The molecule has 5 nitrogen and oxygen atoms in total. The van der Waals surface area contributed by atoms with Gasteiger partial charge in [-0.05, 0) is 55.9 Å². The van der Waals surface area contributed by atoms with E-state index in [1.54, 1.807) is 12.0 Å². The topological polar surface area (TPSA) is 47.4 Å². The van der Waals surface area contributed by atoms with Crippen molar-refractivity contribution < 1.29 is 13.9 Å². The van der Waals surface area contributed by atoms with Crippen LogP contribution in [-0.4, -0.2) is 40.4 Å². The van der Waals surface area contributed by atoms with E-state index >= 15 is 0 Å². The average Bonchev–Trinajstić information content (AvgIpc) is 3.24. The van der Waals surface area contributed by atoms with Crippen LogP contribution in [0.4, 0.5) is 4.39 Å². The highest BCUT2D eigenvalue weighted by atomic mass is 19.1. The van der Waals surface area contributed by atoms with Gasteiger partial charge in [0, 0.05) is 18.0 Å². The number of amides is 1. The summed E-state index contributed by atoms with van der Waals surface area (Å²) in [5.74, 6) is 1.12.